The molecule has 1 aliphatic heterocycles. The van der Waals surface area contributed by atoms with E-state index >= 15 is 0 Å². The van der Waals surface area contributed by atoms with Crippen LogP contribution in [-0.4, -0.2) is 23.7 Å². The summed E-state index contributed by atoms with van der Waals surface area (Å²) >= 11 is 0. The van der Waals surface area contributed by atoms with Crippen molar-refractivity contribution in [1.29, 1.82) is 0 Å². The molecule has 2 unspecified atom stereocenters. The van der Waals surface area contributed by atoms with Crippen LogP contribution in [0.4, 0.5) is 0 Å². The van der Waals surface area contributed by atoms with E-state index in [-0.39, 0.29) is 5.97 Å². The van der Waals surface area contributed by atoms with Gasteiger partial charge in [0, 0.05) is 6.92 Å². The molecule has 100 valence electrons. The average molecular weight is 261 g/mol. The predicted octanol–water partition coefficient (Wildman–Crippen LogP) is 2.31. The van der Waals surface area contributed by atoms with Gasteiger partial charge in [-0.15, -0.1) is 0 Å². The number of hydrogen-bond acceptors (Lipinski definition) is 5. The molecule has 0 radical (unpaired) electrons. The van der Waals surface area contributed by atoms with Gasteiger partial charge in [0.1, 0.15) is 11.1 Å². The first-order chi connectivity index (χ1) is 9.04. The van der Waals surface area contributed by atoms with Gasteiger partial charge < -0.3 is 13.9 Å². The molecule has 5 heteroatoms. The quantitative estimate of drug-likeness (QED) is 0.626. The zero-order chi connectivity index (χ0) is 13.6. The minimum Gasteiger partial charge on any atom is -0.464 e. The number of aromatic nitrogens is 1. The monoisotopic (exact) mass is 261 g/mol. The van der Waals surface area contributed by atoms with E-state index in [0.29, 0.717) is 12.5 Å². The summed E-state index contributed by atoms with van der Waals surface area (Å²) in [6, 6.07) is 5.64. The molecule has 0 spiro atoms. The summed E-state index contributed by atoms with van der Waals surface area (Å²) < 4.78 is 15.9. The topological polar surface area (TPSA) is 64.9 Å². The van der Waals surface area contributed by atoms with Gasteiger partial charge in [-0.3, -0.25) is 0 Å². The maximum Gasteiger partial charge on any atom is 0.338 e. The minimum absolute atomic E-state index is 0.318. The summed E-state index contributed by atoms with van der Waals surface area (Å²) in [5.41, 5.74) is 1.80. The first-order valence-corrected chi connectivity index (χ1v) is 6.26. The third kappa shape index (κ3) is 1.90. The van der Waals surface area contributed by atoms with E-state index in [2.05, 4.69) is 4.98 Å². The lowest BCUT2D eigenvalue weighted by Gasteiger charge is -2.06. The Kier molecular flexibility index (Phi) is 2.60. The maximum atomic E-state index is 11.7. The number of nitrogens with zero attached hydrogens (tertiary/aromatic N) is 1. The van der Waals surface area contributed by atoms with Gasteiger partial charge in [-0.25, -0.2) is 9.78 Å². The summed E-state index contributed by atoms with van der Waals surface area (Å²) in [6.45, 7) is 5.82. The molecule has 5 nitrogen and oxygen atoms in total. The van der Waals surface area contributed by atoms with Crippen molar-refractivity contribution < 1.29 is 18.7 Å². The summed E-state index contributed by atoms with van der Waals surface area (Å²) in [6.07, 6.45) is -0.530. The molecule has 0 saturated carbocycles. The number of rotatable bonds is 3. The number of carbonyl (C=O) groups is 1. The van der Waals surface area contributed by atoms with Crippen LogP contribution >= 0.6 is 0 Å². The van der Waals surface area contributed by atoms with E-state index < -0.39 is 11.7 Å². The highest BCUT2D eigenvalue weighted by atomic mass is 16.7. The standard InChI is InChI=1S/C14H15NO4/c1-4-17-13(16)12-14(3,19-12)9-5-6-11-10(7-9)15-8(2)18-11/h5-7,12H,4H2,1-3H3. The van der Waals surface area contributed by atoms with Crippen molar-refractivity contribution in [3.63, 3.8) is 0 Å². The SMILES string of the molecule is CCOC(=O)C1OC1(C)c1ccc2oc(C)nc2c1. The van der Waals surface area contributed by atoms with Crippen LogP contribution < -0.4 is 0 Å². The number of fused-ring (bicyclic) bond motifs is 1. The first kappa shape index (κ1) is 12.2. The molecular formula is C14H15NO4. The van der Waals surface area contributed by atoms with Crippen LogP contribution in [0.5, 0.6) is 0 Å². The number of oxazole rings is 1. The largest absolute Gasteiger partial charge is 0.464 e. The fourth-order valence-electron chi connectivity index (χ4n) is 2.27. The zero-order valence-electron chi connectivity index (χ0n) is 11.1. The van der Waals surface area contributed by atoms with Gasteiger partial charge >= 0.3 is 5.97 Å². The Labute approximate surface area is 110 Å². The second kappa shape index (κ2) is 4.06. The number of hydrogen-bond donors (Lipinski definition) is 0. The van der Waals surface area contributed by atoms with Crippen molar-refractivity contribution in [3.05, 3.63) is 29.7 Å². The fraction of sp³-hybridized carbons (Fsp3) is 0.429. The van der Waals surface area contributed by atoms with Crippen LogP contribution in [0, 0.1) is 6.92 Å². The summed E-state index contributed by atoms with van der Waals surface area (Å²) in [7, 11) is 0. The molecule has 0 amide bonds. The molecule has 1 aromatic carbocycles. The third-order valence-corrected chi connectivity index (χ3v) is 3.37. The van der Waals surface area contributed by atoms with Crippen LogP contribution in [0.15, 0.2) is 22.6 Å². The van der Waals surface area contributed by atoms with Crippen LogP contribution in [0.2, 0.25) is 0 Å². The average Bonchev–Trinajstić information content (AvgIpc) is 2.92. The molecular weight excluding hydrogens is 246 g/mol. The lowest BCUT2D eigenvalue weighted by molar-refractivity contribution is -0.144. The summed E-state index contributed by atoms with van der Waals surface area (Å²) in [5, 5.41) is 0. The van der Waals surface area contributed by atoms with Gasteiger partial charge in [0.15, 0.2) is 17.6 Å². The Morgan fingerprint density at radius 1 is 1.53 bits per heavy atom. The van der Waals surface area contributed by atoms with Crippen molar-refractivity contribution in [2.45, 2.75) is 32.5 Å². The first-order valence-electron chi connectivity index (χ1n) is 6.26. The van der Waals surface area contributed by atoms with E-state index in [1.165, 1.54) is 0 Å². The molecule has 1 aromatic heterocycles. The smallest absolute Gasteiger partial charge is 0.338 e. The van der Waals surface area contributed by atoms with Crippen molar-refractivity contribution in [2.24, 2.45) is 0 Å². The molecule has 0 aliphatic carbocycles. The molecule has 2 aromatic rings. The highest BCUT2D eigenvalue weighted by Gasteiger charge is 2.59. The molecule has 0 bridgehead atoms. The van der Waals surface area contributed by atoms with Crippen molar-refractivity contribution in [3.8, 4) is 0 Å². The normalized spacial score (nSPS) is 25.5. The molecule has 2 atom stereocenters. The van der Waals surface area contributed by atoms with Crippen molar-refractivity contribution in [2.75, 3.05) is 6.61 Å². The molecule has 2 heterocycles. The maximum absolute atomic E-state index is 11.7. The van der Waals surface area contributed by atoms with Crippen molar-refractivity contribution >= 4 is 17.1 Å². The Hall–Kier alpha value is -1.88. The number of epoxide rings is 1. The molecule has 1 saturated heterocycles. The van der Waals surface area contributed by atoms with Crippen molar-refractivity contribution in [1.82, 2.24) is 4.98 Å². The van der Waals surface area contributed by atoms with Crippen LogP contribution in [-0.2, 0) is 19.9 Å². The van der Waals surface area contributed by atoms with Crippen LogP contribution in [0.3, 0.4) is 0 Å². The fourth-order valence-corrected chi connectivity index (χ4v) is 2.27. The molecule has 1 aliphatic rings. The Morgan fingerprint density at radius 2 is 2.32 bits per heavy atom. The Morgan fingerprint density at radius 3 is 3.05 bits per heavy atom. The molecule has 1 fully saturated rings. The van der Waals surface area contributed by atoms with Crippen LogP contribution in [0.25, 0.3) is 11.1 Å². The van der Waals surface area contributed by atoms with E-state index in [0.717, 1.165) is 16.7 Å². The summed E-state index contributed by atoms with van der Waals surface area (Å²) in [5.74, 6) is 0.303. The second-order valence-corrected chi connectivity index (χ2v) is 4.77. The summed E-state index contributed by atoms with van der Waals surface area (Å²) in [4.78, 5) is 16.0. The Bertz CT molecular complexity index is 648. The number of ether oxygens (including phenoxy) is 2. The highest BCUT2D eigenvalue weighted by molar-refractivity contribution is 5.81. The van der Waals surface area contributed by atoms with Gasteiger partial charge in [-0.05, 0) is 31.5 Å². The molecule has 0 N–H and O–H groups in total. The number of benzene rings is 1. The van der Waals surface area contributed by atoms with Gasteiger partial charge in [0.2, 0.25) is 0 Å². The van der Waals surface area contributed by atoms with E-state index in [9.17, 15) is 4.79 Å². The third-order valence-electron chi connectivity index (χ3n) is 3.37. The van der Waals surface area contributed by atoms with Crippen LogP contribution in [0.1, 0.15) is 25.3 Å². The Balaban J connectivity index is 1.90. The number of aryl methyl sites for hydroxylation is 1. The molecule has 19 heavy (non-hydrogen) atoms. The number of carbonyl (C=O) groups excluding carboxylic acids is 1. The lowest BCUT2D eigenvalue weighted by Crippen LogP contribution is -2.18. The number of esters is 1. The lowest BCUT2D eigenvalue weighted by atomic mass is 9.97. The van der Waals surface area contributed by atoms with Gasteiger partial charge in [0.25, 0.3) is 0 Å². The minimum atomic E-state index is -0.618. The second-order valence-electron chi connectivity index (χ2n) is 4.77. The molecule has 3 rings (SSSR count). The predicted molar refractivity (Wildman–Crippen MR) is 67.6 cm³/mol. The highest BCUT2D eigenvalue weighted by Crippen LogP contribution is 2.47. The van der Waals surface area contributed by atoms with Gasteiger partial charge in [0.05, 0.1) is 6.61 Å². The van der Waals surface area contributed by atoms with E-state index in [1.54, 1.807) is 13.8 Å². The van der Waals surface area contributed by atoms with Gasteiger partial charge in [-0.2, -0.15) is 0 Å². The van der Waals surface area contributed by atoms with Gasteiger partial charge in [-0.1, -0.05) is 6.07 Å². The van der Waals surface area contributed by atoms with E-state index in [1.807, 2.05) is 25.1 Å². The van der Waals surface area contributed by atoms with E-state index in [4.69, 9.17) is 13.9 Å². The zero-order valence-corrected chi connectivity index (χ0v) is 11.1.